The fourth-order valence-electron chi connectivity index (χ4n) is 0.965. The number of hydrogen-bond acceptors (Lipinski definition) is 3. The van der Waals surface area contributed by atoms with Crippen LogP contribution in [-0.2, 0) is 7.05 Å². The van der Waals surface area contributed by atoms with Crippen LogP contribution in [0.5, 0.6) is 0 Å². The Morgan fingerprint density at radius 1 is 1.50 bits per heavy atom. The van der Waals surface area contributed by atoms with Crippen LogP contribution in [0.2, 0.25) is 0 Å². The second-order valence-electron chi connectivity index (χ2n) is 2.76. The quantitative estimate of drug-likeness (QED) is 0.717. The predicted molar refractivity (Wildman–Crippen MR) is 52.5 cm³/mol. The highest BCUT2D eigenvalue weighted by Gasteiger charge is 2.06. The van der Waals surface area contributed by atoms with Crippen LogP contribution in [0.25, 0.3) is 0 Å². The Balaban J connectivity index is 2.79. The van der Waals surface area contributed by atoms with Crippen molar-refractivity contribution in [3.63, 3.8) is 0 Å². The molecule has 0 bridgehead atoms. The molecule has 3 nitrogen and oxygen atoms in total. The van der Waals surface area contributed by atoms with Gasteiger partial charge in [0, 0.05) is 25.0 Å². The number of aryl methyl sites for hydroxylation is 1. The Morgan fingerprint density at radius 3 is 2.58 bits per heavy atom. The van der Waals surface area contributed by atoms with Crippen LogP contribution in [0, 0.1) is 13.8 Å². The summed E-state index contributed by atoms with van der Waals surface area (Å²) in [4.78, 5) is 4.42. The summed E-state index contributed by atoms with van der Waals surface area (Å²) >= 11 is 1.71. The number of aromatic nitrogens is 2. The molecule has 0 unspecified atom stereocenters. The van der Waals surface area contributed by atoms with Crippen LogP contribution in [0.4, 0.5) is 0 Å². The molecule has 0 saturated carbocycles. The summed E-state index contributed by atoms with van der Waals surface area (Å²) in [6.45, 7) is 4.81. The lowest BCUT2D eigenvalue weighted by Crippen LogP contribution is -2.02. The van der Waals surface area contributed by atoms with E-state index in [9.17, 15) is 0 Å². The van der Waals surface area contributed by atoms with E-state index in [1.807, 2.05) is 14.0 Å². The van der Waals surface area contributed by atoms with E-state index in [0.717, 1.165) is 16.6 Å². The second kappa shape index (κ2) is 3.96. The third-order valence-corrected chi connectivity index (χ3v) is 2.99. The normalized spacial score (nSPS) is 10.7. The lowest BCUT2D eigenvalue weighted by atomic mass is 10.4. The van der Waals surface area contributed by atoms with Crippen molar-refractivity contribution in [2.75, 3.05) is 12.3 Å². The first-order valence-electron chi connectivity index (χ1n) is 3.99. The summed E-state index contributed by atoms with van der Waals surface area (Å²) in [5.41, 5.74) is 7.75. The van der Waals surface area contributed by atoms with Crippen molar-refractivity contribution in [2.45, 2.75) is 19.0 Å². The van der Waals surface area contributed by atoms with Gasteiger partial charge in [-0.15, -0.1) is 0 Å². The van der Waals surface area contributed by atoms with Gasteiger partial charge in [0.15, 0.2) is 5.16 Å². The number of hydrogen-bond donors (Lipinski definition) is 1. The maximum atomic E-state index is 5.41. The van der Waals surface area contributed by atoms with Gasteiger partial charge in [-0.05, 0) is 13.8 Å². The molecule has 0 aliphatic heterocycles. The van der Waals surface area contributed by atoms with Gasteiger partial charge < -0.3 is 10.3 Å². The molecular weight excluding hydrogens is 170 g/mol. The molecule has 1 aromatic heterocycles. The van der Waals surface area contributed by atoms with E-state index >= 15 is 0 Å². The zero-order chi connectivity index (χ0) is 9.14. The molecule has 0 radical (unpaired) electrons. The second-order valence-corrected chi connectivity index (χ2v) is 3.82. The number of nitrogens with two attached hydrogens (primary N) is 1. The monoisotopic (exact) mass is 185 g/mol. The third kappa shape index (κ3) is 1.81. The molecule has 0 aromatic carbocycles. The smallest absolute Gasteiger partial charge is 0.168 e. The number of imidazole rings is 1. The minimum absolute atomic E-state index is 0.704. The molecule has 0 fully saturated rings. The first kappa shape index (κ1) is 9.61. The summed E-state index contributed by atoms with van der Waals surface area (Å²) in [5, 5.41) is 1.07. The van der Waals surface area contributed by atoms with Crippen LogP contribution in [0.3, 0.4) is 0 Å². The molecule has 12 heavy (non-hydrogen) atoms. The molecule has 4 heteroatoms. The molecule has 68 valence electrons. The van der Waals surface area contributed by atoms with Gasteiger partial charge >= 0.3 is 0 Å². The van der Waals surface area contributed by atoms with Gasteiger partial charge in [0.05, 0.1) is 5.69 Å². The molecule has 0 amide bonds. The van der Waals surface area contributed by atoms with E-state index in [1.54, 1.807) is 11.8 Å². The fraction of sp³-hybridized carbons (Fsp3) is 0.625. The topological polar surface area (TPSA) is 43.8 Å². The molecule has 0 saturated heterocycles. The number of thioether (sulfide) groups is 1. The standard InChI is InChI=1S/C8H15N3S/c1-6-7(2)11(3)8(10-6)12-5-4-9/h4-5,9H2,1-3H3. The lowest BCUT2D eigenvalue weighted by Gasteiger charge is -2.00. The Bertz CT molecular complexity index is 268. The summed E-state index contributed by atoms with van der Waals surface area (Å²) < 4.78 is 2.11. The average Bonchev–Trinajstić information content (AvgIpc) is 2.30. The van der Waals surface area contributed by atoms with Gasteiger partial charge in [-0.3, -0.25) is 0 Å². The molecule has 2 N–H and O–H groups in total. The third-order valence-electron chi connectivity index (χ3n) is 1.93. The molecule has 1 rings (SSSR count). The van der Waals surface area contributed by atoms with Crippen molar-refractivity contribution in [1.82, 2.24) is 9.55 Å². The summed E-state index contributed by atoms with van der Waals surface area (Å²) in [7, 11) is 2.04. The van der Waals surface area contributed by atoms with E-state index in [0.29, 0.717) is 6.54 Å². The fourth-order valence-corrected chi connectivity index (χ4v) is 1.80. The highest BCUT2D eigenvalue weighted by atomic mass is 32.2. The largest absolute Gasteiger partial charge is 0.330 e. The van der Waals surface area contributed by atoms with Crippen LogP contribution in [0.1, 0.15) is 11.4 Å². The Labute approximate surface area is 77.4 Å². The van der Waals surface area contributed by atoms with E-state index in [4.69, 9.17) is 5.73 Å². The maximum Gasteiger partial charge on any atom is 0.168 e. The molecular formula is C8H15N3S. The molecule has 0 aliphatic carbocycles. The van der Waals surface area contributed by atoms with Gasteiger partial charge in [-0.2, -0.15) is 0 Å². The molecule has 0 spiro atoms. The first-order chi connectivity index (χ1) is 5.66. The Hall–Kier alpha value is -0.480. The van der Waals surface area contributed by atoms with Gasteiger partial charge in [-0.1, -0.05) is 11.8 Å². The Morgan fingerprint density at radius 2 is 2.17 bits per heavy atom. The zero-order valence-electron chi connectivity index (χ0n) is 7.79. The predicted octanol–water partition coefficient (Wildman–Crippen LogP) is 1.09. The SMILES string of the molecule is Cc1nc(SCCN)n(C)c1C. The minimum atomic E-state index is 0.704. The Kier molecular flexibility index (Phi) is 3.17. The van der Waals surface area contributed by atoms with Crippen molar-refractivity contribution >= 4 is 11.8 Å². The maximum absolute atomic E-state index is 5.41. The molecule has 1 heterocycles. The van der Waals surface area contributed by atoms with E-state index in [1.165, 1.54) is 5.69 Å². The summed E-state index contributed by atoms with van der Waals surface area (Å²) in [5.74, 6) is 0.934. The van der Waals surface area contributed by atoms with Gasteiger partial charge in [0.25, 0.3) is 0 Å². The van der Waals surface area contributed by atoms with Crippen molar-refractivity contribution in [1.29, 1.82) is 0 Å². The number of nitrogens with zero attached hydrogens (tertiary/aromatic N) is 2. The first-order valence-corrected chi connectivity index (χ1v) is 4.98. The van der Waals surface area contributed by atoms with Crippen LogP contribution in [-0.4, -0.2) is 21.8 Å². The van der Waals surface area contributed by atoms with E-state index < -0.39 is 0 Å². The van der Waals surface area contributed by atoms with E-state index in [2.05, 4.69) is 16.5 Å². The van der Waals surface area contributed by atoms with Gasteiger partial charge in [0.1, 0.15) is 0 Å². The lowest BCUT2D eigenvalue weighted by molar-refractivity contribution is 0.765. The van der Waals surface area contributed by atoms with E-state index in [-0.39, 0.29) is 0 Å². The van der Waals surface area contributed by atoms with Crippen molar-refractivity contribution in [3.05, 3.63) is 11.4 Å². The average molecular weight is 185 g/mol. The minimum Gasteiger partial charge on any atom is -0.330 e. The van der Waals surface area contributed by atoms with Crippen LogP contribution >= 0.6 is 11.8 Å². The summed E-state index contributed by atoms with van der Waals surface area (Å²) in [6, 6.07) is 0. The highest BCUT2D eigenvalue weighted by molar-refractivity contribution is 7.99. The van der Waals surface area contributed by atoms with Crippen molar-refractivity contribution in [3.8, 4) is 0 Å². The summed E-state index contributed by atoms with van der Waals surface area (Å²) in [6.07, 6.45) is 0. The van der Waals surface area contributed by atoms with Crippen molar-refractivity contribution < 1.29 is 0 Å². The molecule has 1 aromatic rings. The number of rotatable bonds is 3. The van der Waals surface area contributed by atoms with Crippen LogP contribution in [0.15, 0.2) is 5.16 Å². The molecule has 0 atom stereocenters. The van der Waals surface area contributed by atoms with Gasteiger partial charge in [-0.25, -0.2) is 4.98 Å². The van der Waals surface area contributed by atoms with Crippen LogP contribution < -0.4 is 5.73 Å². The highest BCUT2D eigenvalue weighted by Crippen LogP contribution is 2.18. The molecule has 0 aliphatic rings. The zero-order valence-corrected chi connectivity index (χ0v) is 8.61. The van der Waals surface area contributed by atoms with Crippen molar-refractivity contribution in [2.24, 2.45) is 12.8 Å². The van der Waals surface area contributed by atoms with Gasteiger partial charge in [0.2, 0.25) is 0 Å².